The van der Waals surface area contributed by atoms with Gasteiger partial charge in [-0.15, -0.1) is 0 Å². The fourth-order valence-corrected chi connectivity index (χ4v) is 3.19. The number of rotatable bonds is 6. The second-order valence-corrected chi connectivity index (χ2v) is 6.33. The van der Waals surface area contributed by atoms with Crippen molar-refractivity contribution in [3.63, 3.8) is 0 Å². The molecule has 1 amide bonds. The van der Waals surface area contributed by atoms with Crippen molar-refractivity contribution in [3.8, 4) is 0 Å². The van der Waals surface area contributed by atoms with Gasteiger partial charge in [-0.3, -0.25) is 9.69 Å². The molecule has 0 aromatic heterocycles. The molecule has 0 aromatic carbocycles. The van der Waals surface area contributed by atoms with Crippen LogP contribution in [0.5, 0.6) is 0 Å². The number of hydrogen-bond donors (Lipinski definition) is 2. The van der Waals surface area contributed by atoms with Crippen LogP contribution in [0.15, 0.2) is 0 Å². The fourth-order valence-electron chi connectivity index (χ4n) is 3.19. The molecule has 0 aromatic rings. The minimum absolute atomic E-state index is 0.177. The van der Waals surface area contributed by atoms with Gasteiger partial charge in [-0.25, -0.2) is 4.79 Å². The molecule has 2 aliphatic heterocycles. The molecule has 6 heteroatoms. The molecule has 2 rings (SSSR count). The van der Waals surface area contributed by atoms with Crippen LogP contribution in [0.1, 0.15) is 39.5 Å². The number of carbonyl (C=O) groups excluding carboxylic acids is 1. The minimum atomic E-state index is -0.984. The van der Waals surface area contributed by atoms with Gasteiger partial charge in [0.25, 0.3) is 0 Å². The smallest absolute Gasteiger partial charge is 0.332 e. The van der Waals surface area contributed by atoms with E-state index in [1.807, 2.05) is 0 Å². The maximum atomic E-state index is 12.1. The second-order valence-electron chi connectivity index (χ2n) is 6.33. The van der Waals surface area contributed by atoms with Gasteiger partial charge in [0.05, 0.1) is 0 Å². The lowest BCUT2D eigenvalue weighted by molar-refractivity contribution is -0.151. The van der Waals surface area contributed by atoms with E-state index < -0.39 is 18.2 Å². The molecule has 0 radical (unpaired) electrons. The van der Waals surface area contributed by atoms with Gasteiger partial charge in [0.1, 0.15) is 6.10 Å². The van der Waals surface area contributed by atoms with Crippen LogP contribution in [0.4, 0.5) is 0 Å². The van der Waals surface area contributed by atoms with Gasteiger partial charge in [-0.1, -0.05) is 13.8 Å². The van der Waals surface area contributed by atoms with Crippen LogP contribution in [0.2, 0.25) is 0 Å². The number of carboxylic acids is 1. The summed E-state index contributed by atoms with van der Waals surface area (Å²) in [4.78, 5) is 25.4. The minimum Gasteiger partial charge on any atom is -0.479 e. The van der Waals surface area contributed by atoms with Gasteiger partial charge in [-0.2, -0.15) is 0 Å². The second kappa shape index (κ2) is 7.22. The van der Waals surface area contributed by atoms with E-state index in [-0.39, 0.29) is 5.91 Å². The summed E-state index contributed by atoms with van der Waals surface area (Å²) in [6.45, 7) is 7.14. The van der Waals surface area contributed by atoms with Crippen LogP contribution in [0.3, 0.4) is 0 Å². The zero-order valence-electron chi connectivity index (χ0n) is 12.9. The zero-order valence-corrected chi connectivity index (χ0v) is 12.9. The lowest BCUT2D eigenvalue weighted by Gasteiger charge is -2.31. The van der Waals surface area contributed by atoms with Crippen LogP contribution < -0.4 is 5.32 Å². The Balaban J connectivity index is 1.80. The number of amides is 1. The molecule has 2 fully saturated rings. The van der Waals surface area contributed by atoms with Crippen molar-refractivity contribution in [2.45, 2.75) is 57.8 Å². The molecule has 0 bridgehead atoms. The van der Waals surface area contributed by atoms with Gasteiger partial charge >= 0.3 is 5.97 Å². The van der Waals surface area contributed by atoms with Crippen molar-refractivity contribution in [1.82, 2.24) is 10.2 Å². The number of carboxylic acid groups (broad SMARTS) is 1. The average molecular weight is 298 g/mol. The number of nitrogens with zero attached hydrogens (tertiary/aromatic N) is 1. The molecule has 3 unspecified atom stereocenters. The van der Waals surface area contributed by atoms with Gasteiger partial charge < -0.3 is 15.2 Å². The Morgan fingerprint density at radius 1 is 1.24 bits per heavy atom. The number of aliphatic carboxylic acids is 1. The molecule has 0 saturated carbocycles. The van der Waals surface area contributed by atoms with Crippen LogP contribution in [0, 0.1) is 5.92 Å². The summed E-state index contributed by atoms with van der Waals surface area (Å²) in [7, 11) is 0. The number of carbonyl (C=O) groups is 2. The third-order valence-corrected chi connectivity index (χ3v) is 4.45. The van der Waals surface area contributed by atoms with Crippen LogP contribution in [-0.2, 0) is 14.3 Å². The van der Waals surface area contributed by atoms with Crippen molar-refractivity contribution in [2.24, 2.45) is 5.92 Å². The van der Waals surface area contributed by atoms with Crippen molar-refractivity contribution in [2.75, 3.05) is 19.6 Å². The van der Waals surface area contributed by atoms with Gasteiger partial charge in [0.15, 0.2) is 6.10 Å². The van der Waals surface area contributed by atoms with Gasteiger partial charge in [-0.05, 0) is 44.7 Å². The van der Waals surface area contributed by atoms with Crippen LogP contribution in [0.25, 0.3) is 0 Å². The Bertz CT molecular complexity index is 380. The highest BCUT2D eigenvalue weighted by atomic mass is 16.5. The first-order valence-corrected chi connectivity index (χ1v) is 7.89. The molecular weight excluding hydrogens is 272 g/mol. The summed E-state index contributed by atoms with van der Waals surface area (Å²) >= 11 is 0. The maximum absolute atomic E-state index is 12.1. The van der Waals surface area contributed by atoms with E-state index >= 15 is 0 Å². The summed E-state index contributed by atoms with van der Waals surface area (Å²) < 4.78 is 5.28. The third-order valence-electron chi connectivity index (χ3n) is 4.45. The third kappa shape index (κ3) is 4.17. The predicted octanol–water partition coefficient (Wildman–Crippen LogP) is 0.855. The first-order chi connectivity index (χ1) is 9.99. The van der Waals surface area contributed by atoms with Gasteiger partial charge in [0, 0.05) is 12.6 Å². The molecule has 2 N–H and O–H groups in total. The first kappa shape index (κ1) is 16.2. The van der Waals surface area contributed by atoms with Crippen molar-refractivity contribution >= 4 is 11.9 Å². The fraction of sp³-hybridized carbons (Fsp3) is 0.867. The normalized spacial score (nSPS) is 28.0. The Hall–Kier alpha value is -1.14. The van der Waals surface area contributed by atoms with E-state index in [2.05, 4.69) is 24.1 Å². The van der Waals surface area contributed by atoms with E-state index in [4.69, 9.17) is 9.84 Å². The molecule has 120 valence electrons. The SMILES string of the molecule is CC(C)C(CNC(=O)C1CCC(C(=O)O)O1)N1CCCC1. The van der Waals surface area contributed by atoms with Crippen LogP contribution in [-0.4, -0.2) is 59.8 Å². The number of nitrogens with one attached hydrogen (secondary N) is 1. The topological polar surface area (TPSA) is 78.9 Å². The molecule has 2 saturated heterocycles. The molecule has 0 aliphatic carbocycles. The van der Waals surface area contributed by atoms with E-state index in [1.54, 1.807) is 0 Å². The predicted molar refractivity (Wildman–Crippen MR) is 78.0 cm³/mol. The maximum Gasteiger partial charge on any atom is 0.332 e. The molecule has 3 atom stereocenters. The highest BCUT2D eigenvalue weighted by Gasteiger charge is 2.35. The molecule has 2 aliphatic rings. The monoisotopic (exact) mass is 298 g/mol. The number of hydrogen-bond acceptors (Lipinski definition) is 4. The Morgan fingerprint density at radius 2 is 1.86 bits per heavy atom. The zero-order chi connectivity index (χ0) is 15.4. The van der Waals surface area contributed by atoms with Crippen molar-refractivity contribution in [3.05, 3.63) is 0 Å². The highest BCUT2D eigenvalue weighted by molar-refractivity contribution is 5.82. The Kier molecular flexibility index (Phi) is 5.58. The lowest BCUT2D eigenvalue weighted by atomic mass is 10.0. The molecular formula is C15H26N2O4. The van der Waals surface area contributed by atoms with Crippen LogP contribution >= 0.6 is 0 Å². The van der Waals surface area contributed by atoms with Crippen molar-refractivity contribution in [1.29, 1.82) is 0 Å². The first-order valence-electron chi connectivity index (χ1n) is 7.89. The lowest BCUT2D eigenvalue weighted by Crippen LogP contribution is -2.47. The Labute approximate surface area is 125 Å². The molecule has 2 heterocycles. The summed E-state index contributed by atoms with van der Waals surface area (Å²) in [5.41, 5.74) is 0. The molecule has 21 heavy (non-hydrogen) atoms. The Morgan fingerprint density at radius 3 is 2.38 bits per heavy atom. The standard InChI is InChI=1S/C15H26N2O4/c1-10(2)11(17-7-3-4-8-17)9-16-14(18)12-5-6-13(21-12)15(19)20/h10-13H,3-9H2,1-2H3,(H,16,18)(H,19,20). The molecule has 6 nitrogen and oxygen atoms in total. The van der Waals surface area contributed by atoms with E-state index in [0.717, 1.165) is 13.1 Å². The summed E-state index contributed by atoms with van der Waals surface area (Å²) in [6, 6.07) is 0.341. The summed E-state index contributed by atoms with van der Waals surface area (Å²) in [6.07, 6.45) is 1.90. The summed E-state index contributed by atoms with van der Waals surface area (Å²) in [5.74, 6) is -0.689. The number of likely N-dealkylation sites (tertiary alicyclic amines) is 1. The van der Waals surface area contributed by atoms with E-state index in [9.17, 15) is 9.59 Å². The van der Waals surface area contributed by atoms with E-state index in [1.165, 1.54) is 12.8 Å². The largest absolute Gasteiger partial charge is 0.479 e. The summed E-state index contributed by atoms with van der Waals surface area (Å²) in [5, 5.41) is 11.8. The van der Waals surface area contributed by atoms with E-state index in [0.29, 0.717) is 31.3 Å². The quantitative estimate of drug-likeness (QED) is 0.760. The van der Waals surface area contributed by atoms with Gasteiger partial charge in [0.2, 0.25) is 5.91 Å². The molecule has 0 spiro atoms. The van der Waals surface area contributed by atoms with Crippen molar-refractivity contribution < 1.29 is 19.4 Å². The highest BCUT2D eigenvalue weighted by Crippen LogP contribution is 2.21. The average Bonchev–Trinajstić information content (AvgIpc) is 3.09. The number of ether oxygens (including phenoxy) is 1.